The SMILES string of the molecule is C=C1c2cncc(N3CC(c4ccncc4)C3)c2C=CN1Cc1cn2cc(CNCC3CC(F)C3)ccc2n1. The van der Waals surface area contributed by atoms with Gasteiger partial charge in [-0.05, 0) is 60.7 Å². The van der Waals surface area contributed by atoms with Gasteiger partial charge in [0, 0.05) is 79.6 Å². The lowest BCUT2D eigenvalue weighted by molar-refractivity contribution is 0.129. The maximum absolute atomic E-state index is 13.0. The lowest BCUT2D eigenvalue weighted by atomic mass is 9.83. The second-order valence-corrected chi connectivity index (χ2v) is 11.0. The number of alkyl halides is 1. The Labute approximate surface area is 227 Å². The van der Waals surface area contributed by atoms with Gasteiger partial charge < -0.3 is 19.5 Å². The van der Waals surface area contributed by atoms with Crippen molar-refractivity contribution in [3.05, 3.63) is 102 Å². The van der Waals surface area contributed by atoms with Gasteiger partial charge in [-0.2, -0.15) is 0 Å². The third-order valence-corrected chi connectivity index (χ3v) is 8.28. The molecule has 7 rings (SSSR count). The van der Waals surface area contributed by atoms with Crippen molar-refractivity contribution in [1.82, 2.24) is 29.6 Å². The summed E-state index contributed by atoms with van der Waals surface area (Å²) in [7, 11) is 0. The Morgan fingerprint density at radius 2 is 1.87 bits per heavy atom. The fraction of sp³-hybridized carbons (Fsp3) is 0.323. The van der Waals surface area contributed by atoms with Crippen molar-refractivity contribution in [2.75, 3.05) is 24.5 Å². The van der Waals surface area contributed by atoms with Crippen LogP contribution in [-0.2, 0) is 13.1 Å². The van der Waals surface area contributed by atoms with E-state index in [-0.39, 0.29) is 0 Å². The van der Waals surface area contributed by atoms with Crippen molar-refractivity contribution in [3.8, 4) is 0 Å². The van der Waals surface area contributed by atoms with E-state index < -0.39 is 6.17 Å². The Morgan fingerprint density at radius 1 is 1.03 bits per heavy atom. The van der Waals surface area contributed by atoms with Gasteiger partial charge in [0.05, 0.1) is 24.1 Å². The number of halogens is 1. The molecule has 1 saturated carbocycles. The Hall–Kier alpha value is -4.04. The van der Waals surface area contributed by atoms with Crippen molar-refractivity contribution in [2.45, 2.75) is 38.0 Å². The number of aromatic nitrogens is 4. The average molecular weight is 522 g/mol. The molecule has 4 aromatic rings. The molecule has 0 atom stereocenters. The molecule has 7 nitrogen and oxygen atoms in total. The topological polar surface area (TPSA) is 61.6 Å². The first-order valence-corrected chi connectivity index (χ1v) is 13.7. The fourth-order valence-electron chi connectivity index (χ4n) is 5.88. The minimum absolute atomic E-state index is 0.473. The molecule has 2 aliphatic heterocycles. The highest BCUT2D eigenvalue weighted by molar-refractivity contribution is 5.83. The molecule has 1 aliphatic carbocycles. The molecule has 8 heteroatoms. The van der Waals surface area contributed by atoms with Gasteiger partial charge in [0.15, 0.2) is 0 Å². The predicted molar refractivity (Wildman–Crippen MR) is 152 cm³/mol. The standard InChI is InChI=1S/C31H32FN7/c1-21-29-14-35-15-30(38-17-25(18-38)24-4-7-33-8-5-24)28(29)6-9-37(21)19-27-20-39-16-22(2-3-31(39)36-27)12-34-13-23-10-26(32)11-23/h2-9,14-16,20,23,25-26,34H,1,10-13,17-19H2. The van der Waals surface area contributed by atoms with Gasteiger partial charge in [-0.25, -0.2) is 9.37 Å². The van der Waals surface area contributed by atoms with Gasteiger partial charge >= 0.3 is 0 Å². The molecule has 0 unspecified atom stereocenters. The largest absolute Gasteiger partial charge is 0.368 e. The van der Waals surface area contributed by atoms with E-state index in [1.165, 1.54) is 16.7 Å². The van der Waals surface area contributed by atoms with Crippen LogP contribution in [0.4, 0.5) is 10.1 Å². The first-order chi connectivity index (χ1) is 19.1. The molecule has 0 amide bonds. The zero-order valence-electron chi connectivity index (χ0n) is 21.9. The molecule has 0 bridgehead atoms. The monoisotopic (exact) mass is 521 g/mol. The van der Waals surface area contributed by atoms with E-state index in [1.807, 2.05) is 24.8 Å². The number of nitrogens with one attached hydrogen (secondary N) is 1. The molecule has 0 spiro atoms. The van der Waals surface area contributed by atoms with Gasteiger partial charge in [0.25, 0.3) is 0 Å². The van der Waals surface area contributed by atoms with E-state index in [1.54, 1.807) is 0 Å². The molecule has 6 heterocycles. The highest BCUT2D eigenvalue weighted by Gasteiger charge is 2.31. The third-order valence-electron chi connectivity index (χ3n) is 8.28. The van der Waals surface area contributed by atoms with Gasteiger partial charge in [0.2, 0.25) is 0 Å². The molecule has 0 radical (unpaired) electrons. The van der Waals surface area contributed by atoms with Crippen LogP contribution in [0.15, 0.2) is 74.2 Å². The lowest BCUT2D eigenvalue weighted by Gasteiger charge is -2.42. The maximum Gasteiger partial charge on any atom is 0.137 e. The van der Waals surface area contributed by atoms with Gasteiger partial charge in [-0.15, -0.1) is 0 Å². The van der Waals surface area contributed by atoms with E-state index in [4.69, 9.17) is 4.98 Å². The van der Waals surface area contributed by atoms with Crippen LogP contribution in [0, 0.1) is 5.92 Å². The number of fused-ring (bicyclic) bond motifs is 2. The molecule has 0 aromatic carbocycles. The number of imidazole rings is 1. The number of hydrogen-bond acceptors (Lipinski definition) is 6. The van der Waals surface area contributed by atoms with E-state index in [2.05, 4.69) is 85.0 Å². The van der Waals surface area contributed by atoms with Crippen molar-refractivity contribution in [2.24, 2.45) is 5.92 Å². The summed E-state index contributed by atoms with van der Waals surface area (Å²) in [6.45, 7) is 8.65. The van der Waals surface area contributed by atoms with Gasteiger partial charge in [-0.3, -0.25) is 9.97 Å². The molecule has 4 aromatic heterocycles. The van der Waals surface area contributed by atoms with E-state index in [0.29, 0.717) is 31.2 Å². The summed E-state index contributed by atoms with van der Waals surface area (Å²) >= 11 is 0. The zero-order chi connectivity index (χ0) is 26.3. The first-order valence-electron chi connectivity index (χ1n) is 13.7. The van der Waals surface area contributed by atoms with E-state index >= 15 is 0 Å². The van der Waals surface area contributed by atoms with E-state index in [9.17, 15) is 4.39 Å². The number of pyridine rings is 3. The summed E-state index contributed by atoms with van der Waals surface area (Å²) in [5.41, 5.74) is 8.75. The molecular formula is C31H32FN7. The lowest BCUT2D eigenvalue weighted by Crippen LogP contribution is -2.45. The molecule has 1 saturated heterocycles. The molecule has 198 valence electrons. The van der Waals surface area contributed by atoms with Gasteiger partial charge in [-0.1, -0.05) is 12.6 Å². The third kappa shape index (κ3) is 4.69. The van der Waals surface area contributed by atoms with Crippen molar-refractivity contribution in [3.63, 3.8) is 0 Å². The number of hydrogen-bond donors (Lipinski definition) is 1. The predicted octanol–water partition coefficient (Wildman–Crippen LogP) is 5.02. The summed E-state index contributed by atoms with van der Waals surface area (Å²) in [6.07, 6.45) is 16.9. The Kier molecular flexibility index (Phi) is 6.12. The first kappa shape index (κ1) is 24.0. The molecule has 2 fully saturated rings. The van der Waals surface area contributed by atoms with Crippen LogP contribution >= 0.6 is 0 Å². The van der Waals surface area contributed by atoms with Crippen molar-refractivity contribution >= 4 is 23.1 Å². The second-order valence-electron chi connectivity index (χ2n) is 11.0. The minimum Gasteiger partial charge on any atom is -0.368 e. The van der Waals surface area contributed by atoms with Crippen LogP contribution in [0.5, 0.6) is 0 Å². The molecular weight excluding hydrogens is 489 g/mol. The summed E-state index contributed by atoms with van der Waals surface area (Å²) in [5.74, 6) is 0.995. The van der Waals surface area contributed by atoms with Crippen LogP contribution in [0.2, 0.25) is 0 Å². The number of anilines is 1. The maximum atomic E-state index is 13.0. The summed E-state index contributed by atoms with van der Waals surface area (Å²) < 4.78 is 15.1. The zero-order valence-corrected chi connectivity index (χ0v) is 21.9. The Bertz CT molecular complexity index is 1530. The van der Waals surface area contributed by atoms with Crippen molar-refractivity contribution in [1.29, 1.82) is 0 Å². The summed E-state index contributed by atoms with van der Waals surface area (Å²) in [5, 5.41) is 3.47. The van der Waals surface area contributed by atoms with Crippen LogP contribution < -0.4 is 10.2 Å². The smallest absolute Gasteiger partial charge is 0.137 e. The van der Waals surface area contributed by atoms with Crippen LogP contribution in [0.25, 0.3) is 17.4 Å². The highest BCUT2D eigenvalue weighted by Crippen LogP contribution is 2.39. The normalized spacial score (nSPS) is 20.7. The molecule has 3 aliphatic rings. The fourth-order valence-corrected chi connectivity index (χ4v) is 5.88. The van der Waals surface area contributed by atoms with Crippen LogP contribution in [0.3, 0.4) is 0 Å². The quantitative estimate of drug-likeness (QED) is 0.351. The Morgan fingerprint density at radius 3 is 2.69 bits per heavy atom. The molecule has 1 N–H and O–H groups in total. The van der Waals surface area contributed by atoms with Crippen LogP contribution in [-0.4, -0.2) is 50.1 Å². The number of rotatable bonds is 8. The van der Waals surface area contributed by atoms with Crippen LogP contribution in [0.1, 0.15) is 46.7 Å². The number of nitrogens with zero attached hydrogens (tertiary/aromatic N) is 6. The second kappa shape index (κ2) is 9.93. The summed E-state index contributed by atoms with van der Waals surface area (Å²) in [6, 6.07) is 8.38. The minimum atomic E-state index is -0.596. The van der Waals surface area contributed by atoms with Gasteiger partial charge in [0.1, 0.15) is 11.8 Å². The Balaban J connectivity index is 1.01. The molecule has 39 heavy (non-hydrogen) atoms. The van der Waals surface area contributed by atoms with E-state index in [0.717, 1.165) is 54.5 Å². The van der Waals surface area contributed by atoms with Crippen molar-refractivity contribution < 1.29 is 4.39 Å². The highest BCUT2D eigenvalue weighted by atomic mass is 19.1. The average Bonchev–Trinajstić information content (AvgIpc) is 3.31. The summed E-state index contributed by atoms with van der Waals surface area (Å²) in [4.78, 5) is 18.1.